The van der Waals surface area contributed by atoms with Gasteiger partial charge in [-0.2, -0.15) is 0 Å². The van der Waals surface area contributed by atoms with E-state index in [0.29, 0.717) is 12.0 Å². The lowest BCUT2D eigenvalue weighted by molar-refractivity contribution is 0.271. The summed E-state index contributed by atoms with van der Waals surface area (Å²) in [6.07, 6.45) is 4.85. The van der Waals surface area contributed by atoms with Crippen molar-refractivity contribution in [2.45, 2.75) is 31.7 Å². The van der Waals surface area contributed by atoms with Gasteiger partial charge < -0.3 is 10.5 Å². The van der Waals surface area contributed by atoms with Crippen LogP contribution in [0.3, 0.4) is 0 Å². The van der Waals surface area contributed by atoms with Crippen molar-refractivity contribution >= 4 is 0 Å². The van der Waals surface area contributed by atoms with Gasteiger partial charge in [-0.15, -0.1) is 0 Å². The lowest BCUT2D eigenvalue weighted by atomic mass is 10.0. The van der Waals surface area contributed by atoms with E-state index in [1.54, 1.807) is 0 Å². The lowest BCUT2D eigenvalue weighted by Gasteiger charge is -2.15. The monoisotopic (exact) mass is 205 g/mol. The minimum Gasteiger partial charge on any atom is -0.494 e. The Morgan fingerprint density at radius 3 is 2.67 bits per heavy atom. The third-order valence-electron chi connectivity index (χ3n) is 3.22. The fourth-order valence-electron chi connectivity index (χ4n) is 2.27. The van der Waals surface area contributed by atoms with E-state index in [9.17, 15) is 0 Å². The predicted octanol–water partition coefficient (Wildman–Crippen LogP) is 2.58. The number of nitrogens with two attached hydrogens (primary N) is 1. The van der Waals surface area contributed by atoms with E-state index in [1.165, 1.54) is 19.3 Å². The first-order valence-electron chi connectivity index (χ1n) is 5.79. The van der Waals surface area contributed by atoms with Crippen LogP contribution in [0.2, 0.25) is 0 Å². The van der Waals surface area contributed by atoms with Gasteiger partial charge in [0.15, 0.2) is 0 Å². The van der Waals surface area contributed by atoms with Gasteiger partial charge in [-0.25, -0.2) is 0 Å². The second kappa shape index (κ2) is 5.17. The third-order valence-corrected chi connectivity index (χ3v) is 3.22. The lowest BCUT2D eigenvalue weighted by Crippen LogP contribution is -2.25. The molecule has 1 aromatic rings. The SMILES string of the molecule is NC1CCCC1CCOc1ccccc1. The van der Waals surface area contributed by atoms with E-state index in [2.05, 4.69) is 0 Å². The Bertz CT molecular complexity index is 286. The molecular weight excluding hydrogens is 186 g/mol. The zero-order valence-electron chi connectivity index (χ0n) is 9.06. The maximum atomic E-state index is 6.00. The molecule has 0 saturated heterocycles. The van der Waals surface area contributed by atoms with Crippen molar-refractivity contribution in [2.24, 2.45) is 11.7 Å². The second-order valence-electron chi connectivity index (χ2n) is 4.31. The molecule has 1 saturated carbocycles. The van der Waals surface area contributed by atoms with E-state index >= 15 is 0 Å². The predicted molar refractivity (Wildman–Crippen MR) is 61.9 cm³/mol. The van der Waals surface area contributed by atoms with Gasteiger partial charge >= 0.3 is 0 Å². The topological polar surface area (TPSA) is 35.2 Å². The highest BCUT2D eigenvalue weighted by Crippen LogP contribution is 2.26. The van der Waals surface area contributed by atoms with Gasteiger partial charge in [0.05, 0.1) is 6.61 Å². The molecule has 2 N–H and O–H groups in total. The number of para-hydroxylation sites is 1. The Hall–Kier alpha value is -1.02. The molecule has 0 spiro atoms. The van der Waals surface area contributed by atoms with E-state index in [0.717, 1.165) is 18.8 Å². The van der Waals surface area contributed by atoms with Gasteiger partial charge in [0.1, 0.15) is 5.75 Å². The van der Waals surface area contributed by atoms with Gasteiger partial charge in [0.2, 0.25) is 0 Å². The van der Waals surface area contributed by atoms with Crippen LogP contribution >= 0.6 is 0 Å². The maximum Gasteiger partial charge on any atom is 0.119 e. The molecule has 2 rings (SSSR count). The molecule has 2 nitrogen and oxygen atoms in total. The maximum absolute atomic E-state index is 6.00. The van der Waals surface area contributed by atoms with Gasteiger partial charge in [0.25, 0.3) is 0 Å². The number of benzene rings is 1. The number of rotatable bonds is 4. The van der Waals surface area contributed by atoms with Gasteiger partial charge in [-0.1, -0.05) is 24.6 Å². The van der Waals surface area contributed by atoms with Crippen molar-refractivity contribution in [3.8, 4) is 5.75 Å². The summed E-state index contributed by atoms with van der Waals surface area (Å²) < 4.78 is 5.66. The summed E-state index contributed by atoms with van der Waals surface area (Å²) in [5, 5.41) is 0. The molecule has 0 aliphatic heterocycles. The first kappa shape index (κ1) is 10.5. The molecule has 2 atom stereocenters. The average molecular weight is 205 g/mol. The van der Waals surface area contributed by atoms with E-state index in [4.69, 9.17) is 10.5 Å². The largest absolute Gasteiger partial charge is 0.494 e. The summed E-state index contributed by atoms with van der Waals surface area (Å²) in [4.78, 5) is 0. The number of hydrogen-bond acceptors (Lipinski definition) is 2. The molecule has 1 aromatic carbocycles. The van der Waals surface area contributed by atoms with Crippen LogP contribution in [0.1, 0.15) is 25.7 Å². The average Bonchev–Trinajstić information content (AvgIpc) is 2.66. The normalized spacial score (nSPS) is 25.4. The van der Waals surface area contributed by atoms with E-state index < -0.39 is 0 Å². The van der Waals surface area contributed by atoms with Crippen molar-refractivity contribution in [3.05, 3.63) is 30.3 Å². The summed E-state index contributed by atoms with van der Waals surface area (Å²) in [7, 11) is 0. The molecule has 1 aliphatic rings. The fourth-order valence-corrected chi connectivity index (χ4v) is 2.27. The molecule has 1 aliphatic carbocycles. The number of hydrogen-bond donors (Lipinski definition) is 1. The Balaban J connectivity index is 1.71. The minimum atomic E-state index is 0.407. The molecule has 0 bridgehead atoms. The number of ether oxygens (including phenoxy) is 1. The molecule has 2 heteroatoms. The summed E-state index contributed by atoms with van der Waals surface area (Å²) in [5.41, 5.74) is 6.00. The minimum absolute atomic E-state index is 0.407. The van der Waals surface area contributed by atoms with E-state index in [-0.39, 0.29) is 0 Å². The van der Waals surface area contributed by atoms with Gasteiger partial charge in [0, 0.05) is 6.04 Å². The summed E-state index contributed by atoms with van der Waals surface area (Å²) in [6, 6.07) is 10.4. The van der Waals surface area contributed by atoms with Crippen LogP contribution in [0.5, 0.6) is 5.75 Å². The van der Waals surface area contributed by atoms with Crippen molar-refractivity contribution < 1.29 is 4.74 Å². The standard InChI is InChI=1S/C13H19NO/c14-13-8-4-5-11(13)9-10-15-12-6-2-1-3-7-12/h1-3,6-7,11,13H,4-5,8-10,14H2. The smallest absolute Gasteiger partial charge is 0.119 e. The van der Waals surface area contributed by atoms with Crippen LogP contribution in [-0.2, 0) is 0 Å². The molecule has 0 amide bonds. The highest BCUT2D eigenvalue weighted by atomic mass is 16.5. The van der Waals surface area contributed by atoms with Crippen molar-refractivity contribution in [2.75, 3.05) is 6.61 Å². The molecular formula is C13H19NO. The molecule has 82 valence electrons. The Morgan fingerprint density at radius 2 is 2.00 bits per heavy atom. The van der Waals surface area contributed by atoms with Crippen molar-refractivity contribution in [1.29, 1.82) is 0 Å². The molecule has 0 aromatic heterocycles. The Morgan fingerprint density at radius 1 is 1.20 bits per heavy atom. The second-order valence-corrected chi connectivity index (χ2v) is 4.31. The third kappa shape index (κ3) is 2.96. The highest BCUT2D eigenvalue weighted by molar-refractivity contribution is 5.20. The van der Waals surface area contributed by atoms with E-state index in [1.807, 2.05) is 30.3 Å². The fraction of sp³-hybridized carbons (Fsp3) is 0.538. The summed E-state index contributed by atoms with van der Waals surface area (Å²) >= 11 is 0. The zero-order chi connectivity index (χ0) is 10.5. The Labute approximate surface area is 91.4 Å². The van der Waals surface area contributed by atoms with Crippen LogP contribution in [0.25, 0.3) is 0 Å². The van der Waals surface area contributed by atoms with Crippen LogP contribution in [0, 0.1) is 5.92 Å². The summed E-state index contributed by atoms with van der Waals surface area (Å²) in [5.74, 6) is 1.64. The molecule has 1 fully saturated rings. The molecule has 0 heterocycles. The molecule has 2 unspecified atom stereocenters. The van der Waals surface area contributed by atoms with Crippen molar-refractivity contribution in [3.63, 3.8) is 0 Å². The van der Waals surface area contributed by atoms with Gasteiger partial charge in [-0.05, 0) is 37.3 Å². The summed E-state index contributed by atoms with van der Waals surface area (Å²) in [6.45, 7) is 0.794. The highest BCUT2D eigenvalue weighted by Gasteiger charge is 2.23. The van der Waals surface area contributed by atoms with Crippen LogP contribution in [0.15, 0.2) is 30.3 Å². The Kier molecular flexibility index (Phi) is 3.62. The van der Waals surface area contributed by atoms with Gasteiger partial charge in [-0.3, -0.25) is 0 Å². The van der Waals surface area contributed by atoms with Crippen LogP contribution in [-0.4, -0.2) is 12.6 Å². The zero-order valence-corrected chi connectivity index (χ0v) is 9.06. The van der Waals surface area contributed by atoms with Crippen molar-refractivity contribution in [1.82, 2.24) is 0 Å². The molecule has 15 heavy (non-hydrogen) atoms. The first-order chi connectivity index (χ1) is 7.36. The quantitative estimate of drug-likeness (QED) is 0.820. The molecule has 0 radical (unpaired) electrons. The van der Waals surface area contributed by atoms with Crippen LogP contribution in [0.4, 0.5) is 0 Å². The first-order valence-corrected chi connectivity index (χ1v) is 5.79. The van der Waals surface area contributed by atoms with Crippen LogP contribution < -0.4 is 10.5 Å².